The van der Waals surface area contributed by atoms with Crippen molar-refractivity contribution in [2.24, 2.45) is 0 Å². The normalized spacial score (nSPS) is 11.3. The third-order valence-corrected chi connectivity index (χ3v) is 4.12. The van der Waals surface area contributed by atoms with Gasteiger partial charge >= 0.3 is 6.18 Å². The molecule has 0 aliphatic carbocycles. The van der Waals surface area contributed by atoms with Gasteiger partial charge in [0, 0.05) is 18.3 Å². The molecule has 0 saturated carbocycles. The van der Waals surface area contributed by atoms with E-state index in [0.29, 0.717) is 16.5 Å². The lowest BCUT2D eigenvalue weighted by Crippen LogP contribution is -2.24. The van der Waals surface area contributed by atoms with Crippen LogP contribution in [0.15, 0.2) is 60.7 Å². The molecule has 0 spiro atoms. The van der Waals surface area contributed by atoms with Crippen LogP contribution in [-0.2, 0) is 12.7 Å². The Morgan fingerprint density at radius 3 is 2.31 bits per heavy atom. The Balaban J connectivity index is 1.89. The predicted molar refractivity (Wildman–Crippen MR) is 94.4 cm³/mol. The number of halogens is 3. The minimum absolute atomic E-state index is 0.00812. The minimum atomic E-state index is -4.47. The molecule has 0 saturated heterocycles. The average molecular weight is 356 g/mol. The summed E-state index contributed by atoms with van der Waals surface area (Å²) in [7, 11) is 0. The Kier molecular flexibility index (Phi) is 4.75. The highest BCUT2D eigenvalue weighted by atomic mass is 19.4. The maximum Gasteiger partial charge on any atom is 0.416 e. The van der Waals surface area contributed by atoms with Gasteiger partial charge in [-0.25, -0.2) is 0 Å². The molecule has 1 amide bonds. The summed E-state index contributed by atoms with van der Waals surface area (Å²) in [6.45, 7) is -0.227. The lowest BCUT2D eigenvalue weighted by atomic mass is 9.99. The van der Waals surface area contributed by atoms with E-state index in [9.17, 15) is 18.0 Å². The standard InChI is InChI=1S/C20H15F3N2O/c21-20(22,23)18-8-4-1-5-14(18)12-25-19(26)17-10-9-13(11-24)15-6-2-3-7-16(15)17/h1-11,24H,12H2,(H,25,26). The number of carbonyl (C=O) groups is 1. The smallest absolute Gasteiger partial charge is 0.348 e. The Morgan fingerprint density at radius 1 is 0.962 bits per heavy atom. The highest BCUT2D eigenvalue weighted by Crippen LogP contribution is 2.31. The molecule has 0 heterocycles. The summed E-state index contributed by atoms with van der Waals surface area (Å²) in [4.78, 5) is 12.5. The third-order valence-electron chi connectivity index (χ3n) is 4.12. The first-order chi connectivity index (χ1) is 12.4. The van der Waals surface area contributed by atoms with E-state index in [1.54, 1.807) is 36.4 Å². The fraction of sp³-hybridized carbons (Fsp3) is 0.100. The maximum absolute atomic E-state index is 13.1. The Morgan fingerprint density at radius 2 is 1.62 bits per heavy atom. The molecule has 26 heavy (non-hydrogen) atoms. The van der Waals surface area contributed by atoms with Gasteiger partial charge in [-0.2, -0.15) is 13.2 Å². The molecule has 2 N–H and O–H groups in total. The van der Waals surface area contributed by atoms with Crippen molar-refractivity contribution in [3.05, 3.63) is 82.9 Å². The molecule has 132 valence electrons. The summed E-state index contributed by atoms with van der Waals surface area (Å²) in [5.74, 6) is -0.463. The van der Waals surface area contributed by atoms with Gasteiger partial charge in [-0.1, -0.05) is 48.5 Å². The molecule has 3 aromatic rings. The van der Waals surface area contributed by atoms with Crippen molar-refractivity contribution in [1.29, 1.82) is 5.41 Å². The van der Waals surface area contributed by atoms with E-state index in [4.69, 9.17) is 5.41 Å². The van der Waals surface area contributed by atoms with Crippen LogP contribution in [0.25, 0.3) is 10.8 Å². The quantitative estimate of drug-likeness (QED) is 0.649. The van der Waals surface area contributed by atoms with Crippen molar-refractivity contribution in [1.82, 2.24) is 5.32 Å². The van der Waals surface area contributed by atoms with E-state index in [-0.39, 0.29) is 12.1 Å². The molecular formula is C20H15F3N2O. The third kappa shape index (κ3) is 3.44. The van der Waals surface area contributed by atoms with Gasteiger partial charge in [0.25, 0.3) is 5.91 Å². The molecule has 3 rings (SSSR count). The van der Waals surface area contributed by atoms with Crippen molar-refractivity contribution in [2.75, 3.05) is 0 Å². The first-order valence-electron chi connectivity index (χ1n) is 7.87. The second kappa shape index (κ2) is 7.00. The van der Waals surface area contributed by atoms with E-state index in [1.165, 1.54) is 24.4 Å². The van der Waals surface area contributed by atoms with E-state index < -0.39 is 17.6 Å². The molecule has 3 nitrogen and oxygen atoms in total. The molecule has 0 aliphatic heterocycles. The van der Waals surface area contributed by atoms with Gasteiger partial charge in [0.2, 0.25) is 0 Å². The van der Waals surface area contributed by atoms with Crippen molar-refractivity contribution in [2.45, 2.75) is 12.7 Å². The molecule has 0 aliphatic rings. The number of nitrogens with one attached hydrogen (secondary N) is 2. The van der Waals surface area contributed by atoms with E-state index in [1.807, 2.05) is 0 Å². The van der Waals surface area contributed by atoms with Gasteiger partial charge in [0.05, 0.1) is 5.56 Å². The second-order valence-electron chi connectivity index (χ2n) is 5.73. The molecular weight excluding hydrogens is 341 g/mol. The van der Waals surface area contributed by atoms with Crippen LogP contribution in [0.5, 0.6) is 0 Å². The molecule has 0 fully saturated rings. The summed E-state index contributed by atoms with van der Waals surface area (Å²) in [6.07, 6.45) is -3.27. The van der Waals surface area contributed by atoms with Crippen LogP contribution in [0.4, 0.5) is 13.2 Å². The van der Waals surface area contributed by atoms with Crippen LogP contribution >= 0.6 is 0 Å². The van der Waals surface area contributed by atoms with Crippen molar-refractivity contribution in [3.63, 3.8) is 0 Å². The fourth-order valence-corrected chi connectivity index (χ4v) is 2.87. The SMILES string of the molecule is N=Cc1ccc(C(=O)NCc2ccccc2C(F)(F)F)c2ccccc12. The number of rotatable bonds is 4. The Hall–Kier alpha value is -3.15. The number of amides is 1. The summed E-state index contributed by atoms with van der Waals surface area (Å²) in [5.41, 5.74) is 0.272. The van der Waals surface area contributed by atoms with Gasteiger partial charge in [-0.05, 0) is 34.0 Å². The van der Waals surface area contributed by atoms with E-state index in [2.05, 4.69) is 5.32 Å². The first kappa shape index (κ1) is 17.7. The van der Waals surface area contributed by atoms with Crippen molar-refractivity contribution >= 4 is 22.9 Å². The summed E-state index contributed by atoms with van der Waals surface area (Å²) in [6, 6.07) is 15.5. The zero-order valence-electron chi connectivity index (χ0n) is 13.6. The average Bonchev–Trinajstić information content (AvgIpc) is 2.64. The summed E-state index contributed by atoms with van der Waals surface area (Å²) < 4.78 is 39.2. The highest BCUT2D eigenvalue weighted by molar-refractivity contribution is 6.11. The predicted octanol–water partition coefficient (Wildman–Crippen LogP) is 4.79. The number of fused-ring (bicyclic) bond motifs is 1. The number of carbonyl (C=O) groups excluding carboxylic acids is 1. The topological polar surface area (TPSA) is 53.0 Å². The van der Waals surface area contributed by atoms with Crippen LogP contribution in [0.1, 0.15) is 27.0 Å². The highest BCUT2D eigenvalue weighted by Gasteiger charge is 2.32. The van der Waals surface area contributed by atoms with Gasteiger partial charge < -0.3 is 10.7 Å². The molecule has 3 aromatic carbocycles. The molecule has 0 atom stereocenters. The first-order valence-corrected chi connectivity index (χ1v) is 7.87. The molecule has 0 unspecified atom stereocenters. The molecule has 0 bridgehead atoms. The van der Waals surface area contributed by atoms with Gasteiger partial charge in [-0.3, -0.25) is 4.79 Å². The van der Waals surface area contributed by atoms with Crippen LogP contribution in [0.2, 0.25) is 0 Å². The number of hydrogen-bond acceptors (Lipinski definition) is 2. The Labute approximate surface area is 148 Å². The monoisotopic (exact) mass is 356 g/mol. The number of benzene rings is 3. The fourth-order valence-electron chi connectivity index (χ4n) is 2.87. The number of alkyl halides is 3. The lowest BCUT2D eigenvalue weighted by molar-refractivity contribution is -0.138. The summed E-state index contributed by atoms with van der Waals surface area (Å²) >= 11 is 0. The summed E-state index contributed by atoms with van der Waals surface area (Å²) in [5, 5.41) is 11.4. The van der Waals surface area contributed by atoms with Crippen molar-refractivity contribution < 1.29 is 18.0 Å². The van der Waals surface area contributed by atoms with Gasteiger partial charge in [-0.15, -0.1) is 0 Å². The number of hydrogen-bond donors (Lipinski definition) is 2. The lowest BCUT2D eigenvalue weighted by Gasteiger charge is -2.14. The van der Waals surface area contributed by atoms with Crippen LogP contribution in [0, 0.1) is 5.41 Å². The van der Waals surface area contributed by atoms with Crippen LogP contribution in [-0.4, -0.2) is 12.1 Å². The van der Waals surface area contributed by atoms with E-state index >= 15 is 0 Å². The largest absolute Gasteiger partial charge is 0.416 e. The zero-order chi connectivity index (χ0) is 18.7. The Bertz CT molecular complexity index is 980. The molecule has 6 heteroatoms. The van der Waals surface area contributed by atoms with E-state index in [0.717, 1.165) is 11.5 Å². The second-order valence-corrected chi connectivity index (χ2v) is 5.73. The van der Waals surface area contributed by atoms with Crippen molar-refractivity contribution in [3.8, 4) is 0 Å². The van der Waals surface area contributed by atoms with Gasteiger partial charge in [0.15, 0.2) is 0 Å². The maximum atomic E-state index is 13.1. The molecule has 0 aromatic heterocycles. The van der Waals surface area contributed by atoms with Crippen LogP contribution in [0.3, 0.4) is 0 Å². The minimum Gasteiger partial charge on any atom is -0.348 e. The van der Waals surface area contributed by atoms with Gasteiger partial charge in [0.1, 0.15) is 0 Å². The van der Waals surface area contributed by atoms with Crippen LogP contribution < -0.4 is 5.32 Å². The molecule has 0 radical (unpaired) electrons. The zero-order valence-corrected chi connectivity index (χ0v) is 13.6.